The number of nitrogens with one attached hydrogen (secondary N) is 2. The first kappa shape index (κ1) is 26.5. The molecule has 0 saturated heterocycles. The highest BCUT2D eigenvalue weighted by Crippen LogP contribution is 2.26. The molecule has 1 unspecified atom stereocenters. The Morgan fingerprint density at radius 3 is 2.42 bits per heavy atom. The Morgan fingerprint density at radius 1 is 1.12 bits per heavy atom. The van der Waals surface area contributed by atoms with E-state index in [4.69, 9.17) is 16.3 Å². The summed E-state index contributed by atoms with van der Waals surface area (Å²) < 4.78 is 5.22. The Labute approximate surface area is 202 Å². The number of anilines is 2. The maximum Gasteiger partial charge on any atom is 0.326 e. The summed E-state index contributed by atoms with van der Waals surface area (Å²) in [6, 6.07) is 14.1. The van der Waals surface area contributed by atoms with Gasteiger partial charge in [-0.3, -0.25) is 9.69 Å². The SMILES string of the molecule is COc1ccc(N(CCCNC(=O)CC(C)CC(C)(C)C)C(=O)Nc2cccc(Cl)c2)cc1. The second-order valence-corrected chi connectivity index (χ2v) is 10.0. The first-order valence-corrected chi connectivity index (χ1v) is 11.7. The van der Waals surface area contributed by atoms with Crippen molar-refractivity contribution < 1.29 is 14.3 Å². The van der Waals surface area contributed by atoms with Crippen LogP contribution < -0.4 is 20.3 Å². The van der Waals surface area contributed by atoms with Crippen LogP contribution >= 0.6 is 11.6 Å². The van der Waals surface area contributed by atoms with Crippen molar-refractivity contribution in [1.29, 1.82) is 0 Å². The maximum atomic E-state index is 13.0. The van der Waals surface area contributed by atoms with E-state index in [1.807, 2.05) is 24.3 Å². The van der Waals surface area contributed by atoms with Crippen LogP contribution in [0.15, 0.2) is 48.5 Å². The fourth-order valence-corrected chi connectivity index (χ4v) is 4.03. The summed E-state index contributed by atoms with van der Waals surface area (Å²) in [5.41, 5.74) is 1.56. The molecule has 7 heteroatoms. The molecule has 0 heterocycles. The minimum Gasteiger partial charge on any atom is -0.497 e. The lowest BCUT2D eigenvalue weighted by Crippen LogP contribution is -2.37. The Balaban J connectivity index is 1.96. The van der Waals surface area contributed by atoms with Crippen LogP contribution in [0.5, 0.6) is 5.75 Å². The monoisotopic (exact) mass is 473 g/mol. The fourth-order valence-electron chi connectivity index (χ4n) is 3.84. The lowest BCUT2D eigenvalue weighted by atomic mass is 9.84. The van der Waals surface area contributed by atoms with Crippen LogP contribution in [0.4, 0.5) is 16.2 Å². The number of benzene rings is 2. The van der Waals surface area contributed by atoms with Gasteiger partial charge in [0, 0.05) is 35.9 Å². The number of urea groups is 1. The van der Waals surface area contributed by atoms with Crippen molar-refractivity contribution >= 4 is 34.9 Å². The Morgan fingerprint density at radius 2 is 1.82 bits per heavy atom. The molecular weight excluding hydrogens is 438 g/mol. The summed E-state index contributed by atoms with van der Waals surface area (Å²) in [6.45, 7) is 9.60. The average Bonchev–Trinajstić information content (AvgIpc) is 2.72. The van der Waals surface area contributed by atoms with Gasteiger partial charge in [-0.25, -0.2) is 4.79 Å². The second kappa shape index (κ2) is 12.5. The first-order chi connectivity index (χ1) is 15.6. The van der Waals surface area contributed by atoms with Gasteiger partial charge in [0.15, 0.2) is 0 Å². The molecule has 180 valence electrons. The predicted molar refractivity (Wildman–Crippen MR) is 136 cm³/mol. The number of halogens is 1. The van der Waals surface area contributed by atoms with Gasteiger partial charge in [0.1, 0.15) is 5.75 Å². The summed E-state index contributed by atoms with van der Waals surface area (Å²) in [7, 11) is 1.60. The molecule has 2 aromatic carbocycles. The summed E-state index contributed by atoms with van der Waals surface area (Å²) in [6.07, 6.45) is 2.12. The van der Waals surface area contributed by atoms with Crippen LogP contribution in [0.3, 0.4) is 0 Å². The zero-order valence-corrected chi connectivity index (χ0v) is 21.0. The van der Waals surface area contributed by atoms with E-state index in [1.165, 1.54) is 0 Å². The van der Waals surface area contributed by atoms with E-state index in [0.717, 1.165) is 12.1 Å². The van der Waals surface area contributed by atoms with Gasteiger partial charge in [0.25, 0.3) is 0 Å². The Kier molecular flexibility index (Phi) is 10.0. The maximum absolute atomic E-state index is 13.0. The highest BCUT2D eigenvalue weighted by atomic mass is 35.5. The molecule has 0 aromatic heterocycles. The highest BCUT2D eigenvalue weighted by molar-refractivity contribution is 6.30. The van der Waals surface area contributed by atoms with Crippen molar-refractivity contribution in [3.63, 3.8) is 0 Å². The number of nitrogens with zero attached hydrogens (tertiary/aromatic N) is 1. The van der Waals surface area contributed by atoms with Gasteiger partial charge in [-0.2, -0.15) is 0 Å². The highest BCUT2D eigenvalue weighted by Gasteiger charge is 2.19. The summed E-state index contributed by atoms with van der Waals surface area (Å²) in [5.74, 6) is 1.08. The van der Waals surface area contributed by atoms with Crippen molar-refractivity contribution in [2.45, 2.75) is 47.0 Å². The van der Waals surface area contributed by atoms with Gasteiger partial charge in [-0.1, -0.05) is 45.4 Å². The fraction of sp³-hybridized carbons (Fsp3) is 0.462. The number of amides is 3. The van der Waals surface area contributed by atoms with Crippen LogP contribution in [0, 0.1) is 11.3 Å². The molecule has 0 aliphatic heterocycles. The molecule has 0 saturated carbocycles. The lowest BCUT2D eigenvalue weighted by molar-refractivity contribution is -0.122. The van der Waals surface area contributed by atoms with E-state index in [0.29, 0.717) is 48.3 Å². The van der Waals surface area contributed by atoms with Gasteiger partial charge >= 0.3 is 6.03 Å². The van der Waals surface area contributed by atoms with Crippen LogP contribution in [-0.4, -0.2) is 32.1 Å². The number of methoxy groups -OCH3 is 1. The van der Waals surface area contributed by atoms with Crippen LogP contribution in [0.25, 0.3) is 0 Å². The number of hydrogen-bond acceptors (Lipinski definition) is 3. The quantitative estimate of drug-likeness (QED) is 0.394. The molecule has 0 spiro atoms. The third kappa shape index (κ3) is 9.74. The molecule has 0 aliphatic rings. The summed E-state index contributed by atoms with van der Waals surface area (Å²) in [4.78, 5) is 27.0. The standard InChI is InChI=1S/C26H36ClN3O3/c1-19(18-26(2,3)4)16-24(31)28-14-7-15-30(22-10-12-23(33-5)13-11-22)25(32)29-21-9-6-8-20(27)17-21/h6,8-13,17,19H,7,14-16,18H2,1-5H3,(H,28,31)(H,29,32). The minimum absolute atomic E-state index is 0.0473. The molecule has 1 atom stereocenters. The van der Waals surface area contributed by atoms with Crippen LogP contribution in [-0.2, 0) is 4.79 Å². The van der Waals surface area contributed by atoms with Crippen LogP contribution in [0.2, 0.25) is 5.02 Å². The van der Waals surface area contributed by atoms with E-state index < -0.39 is 0 Å². The normalized spacial score (nSPS) is 12.1. The molecule has 6 nitrogen and oxygen atoms in total. The summed E-state index contributed by atoms with van der Waals surface area (Å²) >= 11 is 6.04. The van der Waals surface area contributed by atoms with Crippen molar-refractivity contribution in [2.75, 3.05) is 30.4 Å². The zero-order valence-electron chi connectivity index (χ0n) is 20.3. The van der Waals surface area contributed by atoms with Gasteiger partial charge < -0.3 is 15.4 Å². The predicted octanol–water partition coefficient (Wildman–Crippen LogP) is 6.36. The molecule has 0 aliphatic carbocycles. The molecule has 3 amide bonds. The van der Waals surface area contributed by atoms with Gasteiger partial charge in [-0.15, -0.1) is 0 Å². The van der Waals surface area contributed by atoms with E-state index in [1.54, 1.807) is 36.3 Å². The van der Waals surface area contributed by atoms with E-state index in [2.05, 4.69) is 38.3 Å². The number of rotatable bonds is 10. The molecule has 2 aromatic rings. The summed E-state index contributed by atoms with van der Waals surface area (Å²) in [5, 5.41) is 6.43. The molecule has 33 heavy (non-hydrogen) atoms. The Hall–Kier alpha value is -2.73. The molecule has 2 rings (SSSR count). The molecule has 0 fully saturated rings. The van der Waals surface area contributed by atoms with Crippen molar-refractivity contribution in [1.82, 2.24) is 5.32 Å². The average molecular weight is 474 g/mol. The molecular formula is C26H36ClN3O3. The van der Waals surface area contributed by atoms with Crippen molar-refractivity contribution in [3.8, 4) is 5.75 Å². The third-order valence-corrected chi connectivity index (χ3v) is 5.32. The van der Waals surface area contributed by atoms with E-state index in [-0.39, 0.29) is 17.4 Å². The Bertz CT molecular complexity index is 910. The number of carbonyl (C=O) groups is 2. The van der Waals surface area contributed by atoms with Gasteiger partial charge in [-0.05, 0) is 66.6 Å². The van der Waals surface area contributed by atoms with Crippen molar-refractivity contribution in [3.05, 3.63) is 53.6 Å². The minimum atomic E-state index is -0.271. The zero-order chi connectivity index (χ0) is 24.4. The van der Waals surface area contributed by atoms with E-state index in [9.17, 15) is 9.59 Å². The van der Waals surface area contributed by atoms with Gasteiger partial charge in [0.05, 0.1) is 7.11 Å². The lowest BCUT2D eigenvalue weighted by Gasteiger charge is -2.24. The van der Waals surface area contributed by atoms with Gasteiger partial charge in [0.2, 0.25) is 5.91 Å². The topological polar surface area (TPSA) is 70.7 Å². The third-order valence-electron chi connectivity index (χ3n) is 5.08. The van der Waals surface area contributed by atoms with Crippen LogP contribution in [0.1, 0.15) is 47.0 Å². The largest absolute Gasteiger partial charge is 0.497 e. The molecule has 2 N–H and O–H groups in total. The van der Waals surface area contributed by atoms with Crippen molar-refractivity contribution in [2.24, 2.45) is 11.3 Å². The smallest absolute Gasteiger partial charge is 0.326 e. The molecule has 0 radical (unpaired) electrons. The number of hydrogen-bond donors (Lipinski definition) is 2. The van der Waals surface area contributed by atoms with E-state index >= 15 is 0 Å². The number of ether oxygens (including phenoxy) is 1. The second-order valence-electron chi connectivity index (χ2n) is 9.57. The first-order valence-electron chi connectivity index (χ1n) is 11.3. The number of carbonyl (C=O) groups excluding carboxylic acids is 2. The molecule has 0 bridgehead atoms.